The molecule has 0 saturated carbocycles. The summed E-state index contributed by atoms with van der Waals surface area (Å²) in [5, 5.41) is 4.33. The molecule has 2 aromatic rings. The molecule has 1 saturated heterocycles. The second kappa shape index (κ2) is 6.13. The molecule has 3 rings (SSSR count). The van der Waals surface area contributed by atoms with Crippen molar-refractivity contribution in [3.8, 4) is 5.69 Å². The van der Waals surface area contributed by atoms with E-state index in [4.69, 9.17) is 0 Å². The summed E-state index contributed by atoms with van der Waals surface area (Å²) >= 11 is 0. The summed E-state index contributed by atoms with van der Waals surface area (Å²) < 4.78 is 1.65. The molecule has 1 aromatic carbocycles. The first kappa shape index (κ1) is 14.5. The van der Waals surface area contributed by atoms with Gasteiger partial charge in [-0.2, -0.15) is 5.10 Å². The van der Waals surface area contributed by atoms with Crippen molar-refractivity contribution in [2.24, 2.45) is 0 Å². The molecule has 0 aliphatic carbocycles. The van der Waals surface area contributed by atoms with Gasteiger partial charge >= 0.3 is 0 Å². The molecular formula is C17H19N3O2. The summed E-state index contributed by atoms with van der Waals surface area (Å²) in [5.41, 5.74) is 1.26. The van der Waals surface area contributed by atoms with Crippen molar-refractivity contribution in [3.05, 3.63) is 58.0 Å². The Morgan fingerprint density at radius 1 is 1.09 bits per heavy atom. The van der Waals surface area contributed by atoms with E-state index in [0.717, 1.165) is 24.9 Å². The van der Waals surface area contributed by atoms with Crippen LogP contribution in [0.1, 0.15) is 35.4 Å². The number of hydrogen-bond acceptors (Lipinski definition) is 3. The van der Waals surface area contributed by atoms with Crippen LogP contribution in [-0.4, -0.2) is 33.7 Å². The van der Waals surface area contributed by atoms with E-state index in [0.29, 0.717) is 18.8 Å². The van der Waals surface area contributed by atoms with Crippen LogP contribution in [0.15, 0.2) is 41.2 Å². The highest BCUT2D eigenvalue weighted by Crippen LogP contribution is 2.12. The van der Waals surface area contributed by atoms with Gasteiger partial charge in [-0.1, -0.05) is 18.2 Å². The van der Waals surface area contributed by atoms with Gasteiger partial charge in [-0.25, -0.2) is 4.68 Å². The van der Waals surface area contributed by atoms with Crippen LogP contribution in [0.25, 0.3) is 5.69 Å². The first-order valence-electron chi connectivity index (χ1n) is 7.62. The van der Waals surface area contributed by atoms with Crippen molar-refractivity contribution < 1.29 is 4.79 Å². The number of likely N-dealkylation sites (tertiary alicyclic amines) is 1. The predicted octanol–water partition coefficient (Wildman–Crippen LogP) is 2.17. The molecule has 0 unspecified atom stereocenters. The number of amides is 1. The van der Waals surface area contributed by atoms with Crippen molar-refractivity contribution in [2.75, 3.05) is 13.1 Å². The molecule has 2 heterocycles. The van der Waals surface area contributed by atoms with Crippen molar-refractivity contribution >= 4 is 5.91 Å². The largest absolute Gasteiger partial charge is 0.337 e. The number of benzene rings is 1. The van der Waals surface area contributed by atoms with Gasteiger partial charge in [0.15, 0.2) is 5.69 Å². The number of rotatable bonds is 2. The first-order valence-corrected chi connectivity index (χ1v) is 7.62. The van der Waals surface area contributed by atoms with Crippen molar-refractivity contribution in [1.29, 1.82) is 0 Å². The third-order valence-electron chi connectivity index (χ3n) is 3.95. The zero-order valence-electron chi connectivity index (χ0n) is 12.7. The summed E-state index contributed by atoms with van der Waals surface area (Å²) in [6, 6.07) is 11.0. The fourth-order valence-electron chi connectivity index (χ4n) is 2.77. The number of nitrogens with zero attached hydrogens (tertiary/aromatic N) is 3. The Labute approximate surface area is 129 Å². The SMILES string of the molecule is Cc1cc(=O)c(C(=O)N2CCCCC2)nn1-c1ccccc1. The molecule has 1 aliphatic heterocycles. The quantitative estimate of drug-likeness (QED) is 0.853. The van der Waals surface area contributed by atoms with E-state index in [1.807, 2.05) is 37.3 Å². The molecule has 1 aromatic heterocycles. The van der Waals surface area contributed by atoms with Crippen LogP contribution in [0.4, 0.5) is 0 Å². The standard InChI is InChI=1S/C17H19N3O2/c1-13-12-15(21)16(17(22)19-10-6-3-7-11-19)18-20(13)14-8-4-2-5-9-14/h2,4-5,8-9,12H,3,6-7,10-11H2,1H3. The molecule has 1 amide bonds. The number of aromatic nitrogens is 2. The highest BCUT2D eigenvalue weighted by atomic mass is 16.2. The second-order valence-corrected chi connectivity index (χ2v) is 5.60. The molecule has 5 heteroatoms. The Morgan fingerprint density at radius 3 is 2.45 bits per heavy atom. The fraction of sp³-hybridized carbons (Fsp3) is 0.353. The molecule has 1 fully saturated rings. The van der Waals surface area contributed by atoms with Crippen molar-refractivity contribution in [3.63, 3.8) is 0 Å². The Kier molecular flexibility index (Phi) is 4.04. The van der Waals surface area contributed by atoms with E-state index in [2.05, 4.69) is 5.10 Å². The average Bonchev–Trinajstić information content (AvgIpc) is 2.56. The Morgan fingerprint density at radius 2 is 1.77 bits per heavy atom. The monoisotopic (exact) mass is 297 g/mol. The lowest BCUT2D eigenvalue weighted by Crippen LogP contribution is -2.39. The number of piperidine rings is 1. The number of hydrogen-bond donors (Lipinski definition) is 0. The van der Waals surface area contributed by atoms with E-state index in [1.54, 1.807) is 9.58 Å². The van der Waals surface area contributed by atoms with Crippen LogP contribution in [0.2, 0.25) is 0 Å². The van der Waals surface area contributed by atoms with Crippen LogP contribution >= 0.6 is 0 Å². The molecule has 5 nitrogen and oxygen atoms in total. The van der Waals surface area contributed by atoms with Crippen molar-refractivity contribution in [2.45, 2.75) is 26.2 Å². The number of carbonyl (C=O) groups is 1. The zero-order valence-corrected chi connectivity index (χ0v) is 12.7. The highest BCUT2D eigenvalue weighted by molar-refractivity contribution is 5.92. The molecule has 0 bridgehead atoms. The Hall–Kier alpha value is -2.43. The zero-order chi connectivity index (χ0) is 15.5. The van der Waals surface area contributed by atoms with Gasteiger partial charge in [0.1, 0.15) is 0 Å². The summed E-state index contributed by atoms with van der Waals surface area (Å²) in [6.45, 7) is 3.23. The van der Waals surface area contributed by atoms with E-state index >= 15 is 0 Å². The molecular weight excluding hydrogens is 278 g/mol. The lowest BCUT2D eigenvalue weighted by Gasteiger charge is -2.26. The highest BCUT2D eigenvalue weighted by Gasteiger charge is 2.23. The van der Waals surface area contributed by atoms with Crippen LogP contribution in [0, 0.1) is 6.92 Å². The van der Waals surface area contributed by atoms with Crippen LogP contribution in [-0.2, 0) is 0 Å². The van der Waals surface area contributed by atoms with Gasteiger partial charge < -0.3 is 4.90 Å². The van der Waals surface area contributed by atoms with Gasteiger partial charge in [0.2, 0.25) is 5.43 Å². The van der Waals surface area contributed by atoms with Gasteiger partial charge in [-0.05, 0) is 38.3 Å². The van der Waals surface area contributed by atoms with Gasteiger partial charge in [-0.3, -0.25) is 9.59 Å². The van der Waals surface area contributed by atoms with Crippen LogP contribution in [0.3, 0.4) is 0 Å². The van der Waals surface area contributed by atoms with Crippen LogP contribution in [0.5, 0.6) is 0 Å². The summed E-state index contributed by atoms with van der Waals surface area (Å²) in [7, 11) is 0. The lowest BCUT2D eigenvalue weighted by atomic mass is 10.1. The van der Waals surface area contributed by atoms with Gasteiger partial charge in [0, 0.05) is 24.8 Å². The van der Waals surface area contributed by atoms with E-state index < -0.39 is 0 Å². The number of aryl methyl sites for hydroxylation is 1. The van der Waals surface area contributed by atoms with Gasteiger partial charge in [0.05, 0.1) is 5.69 Å². The summed E-state index contributed by atoms with van der Waals surface area (Å²) in [4.78, 5) is 26.5. The smallest absolute Gasteiger partial charge is 0.278 e. The van der Waals surface area contributed by atoms with Crippen LogP contribution < -0.4 is 5.43 Å². The third kappa shape index (κ3) is 2.79. The summed E-state index contributed by atoms with van der Waals surface area (Å²) in [6.07, 6.45) is 3.12. The number of para-hydroxylation sites is 1. The van der Waals surface area contributed by atoms with E-state index in [-0.39, 0.29) is 17.0 Å². The molecule has 0 atom stereocenters. The number of carbonyl (C=O) groups excluding carboxylic acids is 1. The molecule has 0 spiro atoms. The fourth-order valence-corrected chi connectivity index (χ4v) is 2.77. The Balaban J connectivity index is 2.01. The average molecular weight is 297 g/mol. The minimum Gasteiger partial charge on any atom is -0.337 e. The topological polar surface area (TPSA) is 55.2 Å². The predicted molar refractivity (Wildman–Crippen MR) is 84.3 cm³/mol. The lowest BCUT2D eigenvalue weighted by molar-refractivity contribution is 0.0715. The van der Waals surface area contributed by atoms with Gasteiger partial charge in [0.25, 0.3) is 5.91 Å². The maximum Gasteiger partial charge on any atom is 0.278 e. The molecule has 22 heavy (non-hydrogen) atoms. The van der Waals surface area contributed by atoms with E-state index in [1.165, 1.54) is 6.07 Å². The minimum absolute atomic E-state index is 0.0105. The third-order valence-corrected chi connectivity index (χ3v) is 3.95. The Bertz CT molecular complexity index is 731. The summed E-state index contributed by atoms with van der Waals surface area (Å²) in [5.74, 6) is -0.255. The molecule has 0 radical (unpaired) electrons. The minimum atomic E-state index is -0.305. The van der Waals surface area contributed by atoms with E-state index in [9.17, 15) is 9.59 Å². The van der Waals surface area contributed by atoms with Gasteiger partial charge in [-0.15, -0.1) is 0 Å². The molecule has 1 aliphatic rings. The second-order valence-electron chi connectivity index (χ2n) is 5.60. The molecule has 114 valence electrons. The maximum atomic E-state index is 12.6. The maximum absolute atomic E-state index is 12.6. The molecule has 0 N–H and O–H groups in total. The van der Waals surface area contributed by atoms with Crippen molar-refractivity contribution in [1.82, 2.24) is 14.7 Å². The first-order chi connectivity index (χ1) is 10.7. The normalized spacial score (nSPS) is 14.9.